The molecule has 0 aromatic carbocycles. The Morgan fingerprint density at radius 1 is 1.30 bits per heavy atom. The van der Waals surface area contributed by atoms with E-state index in [9.17, 15) is 0 Å². The number of rotatable bonds is 1. The van der Waals surface area contributed by atoms with Gasteiger partial charge in [0, 0.05) is 0 Å². The fraction of sp³-hybridized carbons (Fsp3) is 0.111. The summed E-state index contributed by atoms with van der Waals surface area (Å²) in [6, 6.07) is 0. The molecule has 0 bridgehead atoms. The molecule has 1 rings (SSSR count). The second-order valence-electron chi connectivity index (χ2n) is 2.12. The summed E-state index contributed by atoms with van der Waals surface area (Å²) in [5.41, 5.74) is 6.48. The van der Waals surface area contributed by atoms with Gasteiger partial charge < -0.3 is 5.73 Å². The van der Waals surface area contributed by atoms with Crippen LogP contribution in [0.5, 0.6) is 0 Å². The van der Waals surface area contributed by atoms with Gasteiger partial charge in [-0.15, -0.1) is 0 Å². The predicted octanol–water partition coefficient (Wildman–Crippen LogP) is 1.90. The maximum Gasteiger partial charge on any atom is -0.00595 e. The average Bonchev–Trinajstić information content (AvgIpc) is 2.17. The van der Waals surface area contributed by atoms with E-state index in [0.717, 1.165) is 6.42 Å². The Balaban J connectivity index is 2.68. The monoisotopic (exact) mass is 133 g/mol. The molecular weight excluding hydrogens is 122 g/mol. The summed E-state index contributed by atoms with van der Waals surface area (Å²) < 4.78 is 0. The van der Waals surface area contributed by atoms with Crippen LogP contribution in [0.4, 0.5) is 0 Å². The van der Waals surface area contributed by atoms with Gasteiger partial charge in [-0.3, -0.25) is 0 Å². The number of nitrogens with two attached hydrogens (primary N) is 1. The van der Waals surface area contributed by atoms with Crippen LogP contribution in [0.25, 0.3) is 0 Å². The summed E-state index contributed by atoms with van der Waals surface area (Å²) in [6.45, 7) is 0. The highest BCUT2D eigenvalue weighted by molar-refractivity contribution is 5.29. The minimum atomic E-state index is 0.973. The summed E-state index contributed by atoms with van der Waals surface area (Å²) in [5, 5.41) is 0. The zero-order valence-electron chi connectivity index (χ0n) is 5.83. The van der Waals surface area contributed by atoms with E-state index in [2.05, 4.69) is 12.2 Å². The molecule has 1 aliphatic carbocycles. The lowest BCUT2D eigenvalue weighted by molar-refractivity contribution is 1.29. The van der Waals surface area contributed by atoms with Gasteiger partial charge in [-0.05, 0) is 24.3 Å². The van der Waals surface area contributed by atoms with Crippen LogP contribution in [0, 0.1) is 0 Å². The molecule has 0 saturated heterocycles. The second kappa shape index (κ2) is 3.72. The summed E-state index contributed by atoms with van der Waals surface area (Å²) >= 11 is 0. The molecule has 52 valence electrons. The van der Waals surface area contributed by atoms with Crippen LogP contribution in [0.15, 0.2) is 48.2 Å². The third kappa shape index (κ3) is 1.94. The normalized spacial score (nSPS) is 17.4. The van der Waals surface area contributed by atoms with Gasteiger partial charge in [0.2, 0.25) is 0 Å². The molecule has 2 N–H and O–H groups in total. The van der Waals surface area contributed by atoms with E-state index in [0.29, 0.717) is 0 Å². The number of hydrogen-bond acceptors (Lipinski definition) is 1. The molecular formula is C9H11N. The van der Waals surface area contributed by atoms with E-state index in [1.165, 1.54) is 5.57 Å². The zero-order valence-corrected chi connectivity index (χ0v) is 5.83. The first kappa shape index (κ1) is 6.87. The van der Waals surface area contributed by atoms with Gasteiger partial charge in [-0.2, -0.15) is 0 Å². The highest BCUT2D eigenvalue weighted by Gasteiger charge is 1.87. The molecule has 0 saturated carbocycles. The van der Waals surface area contributed by atoms with Gasteiger partial charge in [-0.25, -0.2) is 0 Å². The standard InChI is InChI=1S/C9H11N/c10-8-7-9-5-3-1-2-4-6-9/h1-5,7-8H,6,10H2/b8-7-. The van der Waals surface area contributed by atoms with E-state index in [-0.39, 0.29) is 0 Å². The van der Waals surface area contributed by atoms with Crippen LogP contribution < -0.4 is 5.73 Å². The smallest absolute Gasteiger partial charge is 0.00595 e. The van der Waals surface area contributed by atoms with Gasteiger partial charge >= 0.3 is 0 Å². The highest BCUT2D eigenvalue weighted by Crippen LogP contribution is 2.06. The fourth-order valence-corrected chi connectivity index (χ4v) is 0.841. The van der Waals surface area contributed by atoms with Gasteiger partial charge in [0.25, 0.3) is 0 Å². The molecule has 1 nitrogen and oxygen atoms in total. The van der Waals surface area contributed by atoms with Crippen molar-refractivity contribution in [3.8, 4) is 0 Å². The highest BCUT2D eigenvalue weighted by atomic mass is 14.5. The second-order valence-corrected chi connectivity index (χ2v) is 2.12. The average molecular weight is 133 g/mol. The van der Waals surface area contributed by atoms with Crippen LogP contribution in [0.3, 0.4) is 0 Å². The van der Waals surface area contributed by atoms with Crippen molar-refractivity contribution in [2.24, 2.45) is 5.73 Å². The fourth-order valence-electron chi connectivity index (χ4n) is 0.841. The van der Waals surface area contributed by atoms with Gasteiger partial charge in [0.05, 0.1) is 0 Å². The van der Waals surface area contributed by atoms with Gasteiger partial charge in [0.1, 0.15) is 0 Å². The van der Waals surface area contributed by atoms with Crippen molar-refractivity contribution >= 4 is 0 Å². The van der Waals surface area contributed by atoms with Crippen LogP contribution in [0.2, 0.25) is 0 Å². The largest absolute Gasteiger partial charge is 0.405 e. The Labute approximate surface area is 61.2 Å². The molecule has 0 unspecified atom stereocenters. The van der Waals surface area contributed by atoms with Gasteiger partial charge in [0.15, 0.2) is 0 Å². The molecule has 1 heteroatoms. The van der Waals surface area contributed by atoms with Crippen molar-refractivity contribution in [2.45, 2.75) is 6.42 Å². The lowest BCUT2D eigenvalue weighted by atomic mass is 10.2. The third-order valence-corrected chi connectivity index (χ3v) is 1.33. The van der Waals surface area contributed by atoms with E-state index in [4.69, 9.17) is 5.73 Å². The SMILES string of the molecule is N/C=C\C1=CC=CC=CC1. The molecule has 0 amide bonds. The van der Waals surface area contributed by atoms with Crippen molar-refractivity contribution in [1.82, 2.24) is 0 Å². The quantitative estimate of drug-likeness (QED) is 0.581. The molecule has 0 aliphatic heterocycles. The van der Waals surface area contributed by atoms with Crippen molar-refractivity contribution in [3.63, 3.8) is 0 Å². The van der Waals surface area contributed by atoms with Crippen molar-refractivity contribution < 1.29 is 0 Å². The van der Waals surface area contributed by atoms with Crippen LogP contribution in [0.1, 0.15) is 6.42 Å². The maximum absolute atomic E-state index is 5.24. The molecule has 0 radical (unpaired) electrons. The molecule has 0 fully saturated rings. The van der Waals surface area contributed by atoms with E-state index in [1.54, 1.807) is 6.20 Å². The summed E-state index contributed by atoms with van der Waals surface area (Å²) in [7, 11) is 0. The predicted molar refractivity (Wildman–Crippen MR) is 44.3 cm³/mol. The summed E-state index contributed by atoms with van der Waals surface area (Å²) in [4.78, 5) is 0. The van der Waals surface area contributed by atoms with Crippen LogP contribution in [-0.4, -0.2) is 0 Å². The molecule has 0 heterocycles. The first-order valence-corrected chi connectivity index (χ1v) is 3.34. The molecule has 10 heavy (non-hydrogen) atoms. The van der Waals surface area contributed by atoms with Crippen LogP contribution in [-0.2, 0) is 0 Å². The first-order valence-electron chi connectivity index (χ1n) is 3.34. The minimum Gasteiger partial charge on any atom is -0.405 e. The van der Waals surface area contributed by atoms with Crippen molar-refractivity contribution in [3.05, 3.63) is 48.2 Å². The molecule has 0 aromatic rings. The Kier molecular flexibility index (Phi) is 2.56. The van der Waals surface area contributed by atoms with E-state index < -0.39 is 0 Å². The third-order valence-electron chi connectivity index (χ3n) is 1.33. The summed E-state index contributed by atoms with van der Waals surface area (Å²) in [5.74, 6) is 0. The lowest BCUT2D eigenvalue weighted by Crippen LogP contribution is -1.79. The minimum absolute atomic E-state index is 0.973. The molecule has 0 atom stereocenters. The van der Waals surface area contributed by atoms with Crippen LogP contribution >= 0.6 is 0 Å². The molecule has 0 spiro atoms. The zero-order chi connectivity index (χ0) is 7.23. The Morgan fingerprint density at radius 2 is 2.20 bits per heavy atom. The summed E-state index contributed by atoms with van der Waals surface area (Å²) in [6.07, 6.45) is 14.7. The number of allylic oxidation sites excluding steroid dienone is 7. The van der Waals surface area contributed by atoms with E-state index in [1.807, 2.05) is 24.3 Å². The molecule has 0 aromatic heterocycles. The van der Waals surface area contributed by atoms with Gasteiger partial charge in [-0.1, -0.05) is 30.4 Å². The number of hydrogen-bond donors (Lipinski definition) is 1. The Bertz CT molecular complexity index is 207. The topological polar surface area (TPSA) is 26.0 Å². The van der Waals surface area contributed by atoms with Crippen molar-refractivity contribution in [1.29, 1.82) is 0 Å². The molecule has 1 aliphatic rings. The van der Waals surface area contributed by atoms with E-state index >= 15 is 0 Å². The van der Waals surface area contributed by atoms with Crippen molar-refractivity contribution in [2.75, 3.05) is 0 Å². The Hall–Kier alpha value is -1.24. The lowest BCUT2D eigenvalue weighted by Gasteiger charge is -1.91. The maximum atomic E-state index is 5.24. The Morgan fingerprint density at radius 3 is 3.00 bits per heavy atom. The first-order chi connectivity index (χ1) is 4.93.